The fourth-order valence-corrected chi connectivity index (χ4v) is 2.41. The van der Waals surface area contributed by atoms with Gasteiger partial charge in [-0.3, -0.25) is 0 Å². The van der Waals surface area contributed by atoms with Gasteiger partial charge in [-0.1, -0.05) is 12.1 Å². The molecule has 1 saturated carbocycles. The van der Waals surface area contributed by atoms with Gasteiger partial charge in [-0.05, 0) is 56.7 Å². The van der Waals surface area contributed by atoms with Crippen molar-refractivity contribution in [2.45, 2.75) is 51.2 Å². The summed E-state index contributed by atoms with van der Waals surface area (Å²) in [4.78, 5) is 0. The number of hydrogen-bond acceptors (Lipinski definition) is 2. The highest BCUT2D eigenvalue weighted by atomic mass is 16.5. The molecule has 0 amide bonds. The highest BCUT2D eigenvalue weighted by Gasteiger charge is 2.22. The molecule has 1 fully saturated rings. The van der Waals surface area contributed by atoms with Gasteiger partial charge in [-0.25, -0.2) is 0 Å². The van der Waals surface area contributed by atoms with E-state index in [0.29, 0.717) is 12.0 Å². The Bertz CT molecular complexity index is 331. The van der Waals surface area contributed by atoms with Crippen molar-refractivity contribution in [2.75, 3.05) is 0 Å². The highest BCUT2D eigenvalue weighted by Crippen LogP contribution is 2.34. The molecule has 1 aromatic rings. The zero-order chi connectivity index (χ0) is 11.5. The van der Waals surface area contributed by atoms with E-state index < -0.39 is 0 Å². The summed E-state index contributed by atoms with van der Waals surface area (Å²) in [6.45, 7) is 4.09. The number of nitrogens with two attached hydrogens (primary N) is 1. The third-order valence-corrected chi connectivity index (χ3v) is 3.20. The van der Waals surface area contributed by atoms with Gasteiger partial charge in [0.1, 0.15) is 5.75 Å². The third kappa shape index (κ3) is 2.76. The van der Waals surface area contributed by atoms with E-state index in [-0.39, 0.29) is 6.10 Å². The van der Waals surface area contributed by atoms with E-state index in [1.165, 1.54) is 12.0 Å². The third-order valence-electron chi connectivity index (χ3n) is 3.20. The average Bonchev–Trinajstić information content (AvgIpc) is 2.65. The van der Waals surface area contributed by atoms with E-state index in [2.05, 4.69) is 24.3 Å². The van der Waals surface area contributed by atoms with E-state index in [4.69, 9.17) is 10.5 Å². The highest BCUT2D eigenvalue weighted by molar-refractivity contribution is 5.30. The van der Waals surface area contributed by atoms with Gasteiger partial charge in [0.05, 0.1) is 6.10 Å². The Hall–Kier alpha value is -1.02. The van der Waals surface area contributed by atoms with Gasteiger partial charge < -0.3 is 10.5 Å². The van der Waals surface area contributed by atoms with Gasteiger partial charge in [0.25, 0.3) is 0 Å². The molecule has 1 aromatic carbocycles. The first kappa shape index (κ1) is 11.5. The number of ether oxygens (including phenoxy) is 1. The topological polar surface area (TPSA) is 35.2 Å². The van der Waals surface area contributed by atoms with Crippen LogP contribution in [-0.2, 0) is 0 Å². The summed E-state index contributed by atoms with van der Waals surface area (Å²) >= 11 is 0. The van der Waals surface area contributed by atoms with Crippen LogP contribution in [0.25, 0.3) is 0 Å². The molecule has 0 heterocycles. The first-order valence-electron chi connectivity index (χ1n) is 6.17. The van der Waals surface area contributed by atoms with Crippen LogP contribution in [0, 0.1) is 0 Å². The maximum atomic E-state index is 5.93. The van der Waals surface area contributed by atoms with E-state index >= 15 is 0 Å². The maximum absolute atomic E-state index is 5.93. The van der Waals surface area contributed by atoms with Crippen LogP contribution in [0.3, 0.4) is 0 Å². The smallest absolute Gasteiger partial charge is 0.119 e. The largest absolute Gasteiger partial charge is 0.491 e. The van der Waals surface area contributed by atoms with Crippen molar-refractivity contribution in [1.82, 2.24) is 0 Å². The van der Waals surface area contributed by atoms with E-state index in [1.807, 2.05) is 13.8 Å². The van der Waals surface area contributed by atoms with Crippen molar-refractivity contribution in [3.63, 3.8) is 0 Å². The molecule has 2 rings (SSSR count). The molecule has 88 valence electrons. The molecular formula is C14H21NO. The fraction of sp³-hybridized carbons (Fsp3) is 0.571. The molecular weight excluding hydrogens is 198 g/mol. The Morgan fingerprint density at radius 1 is 1.19 bits per heavy atom. The Morgan fingerprint density at radius 2 is 1.88 bits per heavy atom. The van der Waals surface area contributed by atoms with Crippen molar-refractivity contribution >= 4 is 0 Å². The summed E-state index contributed by atoms with van der Waals surface area (Å²) in [6.07, 6.45) is 3.76. The minimum Gasteiger partial charge on any atom is -0.491 e. The van der Waals surface area contributed by atoms with Crippen LogP contribution >= 0.6 is 0 Å². The molecule has 0 spiro atoms. The first-order chi connectivity index (χ1) is 7.65. The molecule has 1 aliphatic rings. The summed E-state index contributed by atoms with van der Waals surface area (Å²) < 4.78 is 5.63. The van der Waals surface area contributed by atoms with Gasteiger partial charge in [-0.2, -0.15) is 0 Å². The molecule has 0 saturated heterocycles. The summed E-state index contributed by atoms with van der Waals surface area (Å²) in [5.74, 6) is 1.61. The van der Waals surface area contributed by atoms with Crippen LogP contribution in [0.4, 0.5) is 0 Å². The Kier molecular flexibility index (Phi) is 3.49. The second-order valence-corrected chi connectivity index (χ2v) is 5.01. The van der Waals surface area contributed by atoms with Gasteiger partial charge in [0.15, 0.2) is 0 Å². The summed E-state index contributed by atoms with van der Waals surface area (Å²) in [5, 5.41) is 0. The lowest BCUT2D eigenvalue weighted by atomic mass is 9.97. The molecule has 2 heteroatoms. The monoisotopic (exact) mass is 219 g/mol. The quantitative estimate of drug-likeness (QED) is 0.848. The number of rotatable bonds is 3. The van der Waals surface area contributed by atoms with Crippen molar-refractivity contribution in [3.8, 4) is 5.75 Å². The average molecular weight is 219 g/mol. The lowest BCUT2D eigenvalue weighted by Gasteiger charge is -2.13. The predicted molar refractivity (Wildman–Crippen MR) is 66.8 cm³/mol. The van der Waals surface area contributed by atoms with Crippen LogP contribution in [0.1, 0.15) is 44.6 Å². The standard InChI is InChI=1S/C14H21NO/c1-10(2)16-14-7-4-11(5-8-14)12-3-6-13(15)9-12/h4-5,7-8,10,12-13H,3,6,9,15H2,1-2H3/t12-,13-/m1/s1. The fourth-order valence-electron chi connectivity index (χ4n) is 2.41. The molecule has 2 atom stereocenters. The van der Waals surface area contributed by atoms with E-state index in [9.17, 15) is 0 Å². The molecule has 0 unspecified atom stereocenters. The zero-order valence-electron chi connectivity index (χ0n) is 10.1. The molecule has 2 nitrogen and oxygen atoms in total. The maximum Gasteiger partial charge on any atom is 0.119 e. The van der Waals surface area contributed by atoms with Gasteiger partial charge >= 0.3 is 0 Å². The SMILES string of the molecule is CC(C)Oc1ccc([C@@H]2CC[C@@H](N)C2)cc1. The lowest BCUT2D eigenvalue weighted by molar-refractivity contribution is 0.242. The minimum atomic E-state index is 0.241. The molecule has 16 heavy (non-hydrogen) atoms. The molecule has 2 N–H and O–H groups in total. The van der Waals surface area contributed by atoms with E-state index in [1.54, 1.807) is 0 Å². The zero-order valence-corrected chi connectivity index (χ0v) is 10.1. The second kappa shape index (κ2) is 4.88. The Labute approximate surface area is 97.8 Å². The summed E-state index contributed by atoms with van der Waals surface area (Å²) in [5.41, 5.74) is 7.34. The lowest BCUT2D eigenvalue weighted by Crippen LogP contribution is -2.14. The molecule has 0 radical (unpaired) electrons. The predicted octanol–water partition coefficient (Wildman–Crippen LogP) is 3.07. The van der Waals surface area contributed by atoms with Crippen molar-refractivity contribution in [1.29, 1.82) is 0 Å². The molecule has 0 aliphatic heterocycles. The van der Waals surface area contributed by atoms with Crippen molar-refractivity contribution < 1.29 is 4.74 Å². The Balaban J connectivity index is 2.02. The van der Waals surface area contributed by atoms with Crippen LogP contribution in [0.2, 0.25) is 0 Å². The van der Waals surface area contributed by atoms with Crippen LogP contribution in [0.15, 0.2) is 24.3 Å². The van der Waals surface area contributed by atoms with Crippen molar-refractivity contribution in [3.05, 3.63) is 29.8 Å². The van der Waals surface area contributed by atoms with Crippen LogP contribution in [-0.4, -0.2) is 12.1 Å². The molecule has 0 aromatic heterocycles. The number of hydrogen-bond donors (Lipinski definition) is 1. The Morgan fingerprint density at radius 3 is 2.38 bits per heavy atom. The summed E-state index contributed by atoms with van der Waals surface area (Å²) in [6, 6.07) is 8.90. The van der Waals surface area contributed by atoms with Crippen molar-refractivity contribution in [2.24, 2.45) is 5.73 Å². The minimum absolute atomic E-state index is 0.241. The van der Waals surface area contributed by atoms with Gasteiger partial charge in [0.2, 0.25) is 0 Å². The van der Waals surface area contributed by atoms with E-state index in [0.717, 1.165) is 18.6 Å². The number of benzene rings is 1. The second-order valence-electron chi connectivity index (χ2n) is 5.01. The molecule has 0 bridgehead atoms. The first-order valence-corrected chi connectivity index (χ1v) is 6.17. The van der Waals surface area contributed by atoms with Crippen LogP contribution in [0.5, 0.6) is 5.75 Å². The van der Waals surface area contributed by atoms with Gasteiger partial charge in [-0.15, -0.1) is 0 Å². The van der Waals surface area contributed by atoms with Gasteiger partial charge in [0, 0.05) is 6.04 Å². The summed E-state index contributed by atoms with van der Waals surface area (Å²) in [7, 11) is 0. The normalized spacial score (nSPS) is 25.0. The molecule has 1 aliphatic carbocycles. The van der Waals surface area contributed by atoms with Crippen LogP contribution < -0.4 is 10.5 Å².